The summed E-state index contributed by atoms with van der Waals surface area (Å²) in [5.74, 6) is 2.05. The van der Waals surface area contributed by atoms with Crippen LogP contribution in [0.4, 0.5) is 5.82 Å². The lowest BCUT2D eigenvalue weighted by Crippen LogP contribution is -2.34. The van der Waals surface area contributed by atoms with Gasteiger partial charge in [-0.3, -0.25) is 0 Å². The maximum absolute atomic E-state index is 6.12. The molecule has 3 rings (SSSR count). The molecule has 0 spiro atoms. The maximum Gasteiger partial charge on any atom is 0.146 e. The van der Waals surface area contributed by atoms with Gasteiger partial charge in [0, 0.05) is 18.8 Å². The summed E-state index contributed by atoms with van der Waals surface area (Å²) < 4.78 is 2.35. The Morgan fingerprint density at radius 3 is 2.71 bits per heavy atom. The third kappa shape index (κ3) is 2.50. The quantitative estimate of drug-likeness (QED) is 0.920. The van der Waals surface area contributed by atoms with Crippen LogP contribution in [0.2, 0.25) is 0 Å². The SMILES string of the molecule is Cc1nc(N)c2c(C)c(C)n(CC3CCCN(C)C3)c2n1. The largest absolute Gasteiger partial charge is 0.383 e. The van der Waals surface area contributed by atoms with Crippen LogP contribution in [0.1, 0.15) is 29.9 Å². The van der Waals surface area contributed by atoms with E-state index < -0.39 is 0 Å². The van der Waals surface area contributed by atoms with Gasteiger partial charge in [-0.05, 0) is 58.7 Å². The van der Waals surface area contributed by atoms with Crippen molar-refractivity contribution >= 4 is 16.9 Å². The Balaban J connectivity index is 2.03. The molecule has 114 valence electrons. The molecule has 0 aliphatic carbocycles. The zero-order valence-corrected chi connectivity index (χ0v) is 13.5. The molecule has 0 saturated carbocycles. The summed E-state index contributed by atoms with van der Waals surface area (Å²) in [4.78, 5) is 11.4. The fourth-order valence-corrected chi connectivity index (χ4v) is 3.58. The first-order valence-electron chi connectivity index (χ1n) is 7.75. The number of aryl methyl sites for hydroxylation is 2. The van der Waals surface area contributed by atoms with Crippen LogP contribution in [0, 0.1) is 26.7 Å². The van der Waals surface area contributed by atoms with Gasteiger partial charge in [-0.25, -0.2) is 9.97 Å². The highest BCUT2D eigenvalue weighted by atomic mass is 15.1. The average Bonchev–Trinajstić information content (AvgIpc) is 2.64. The minimum Gasteiger partial charge on any atom is -0.383 e. The first-order chi connectivity index (χ1) is 9.97. The Labute approximate surface area is 126 Å². The number of nitrogens with zero attached hydrogens (tertiary/aromatic N) is 4. The Hall–Kier alpha value is -1.62. The van der Waals surface area contributed by atoms with Gasteiger partial charge in [0.25, 0.3) is 0 Å². The standard InChI is InChI=1S/C16H25N5/c1-10-11(2)21(9-13-6-5-7-20(4)8-13)16-14(10)15(17)18-12(3)19-16/h13H,5-9H2,1-4H3,(H2,17,18,19). The van der Waals surface area contributed by atoms with Crippen LogP contribution in [0.5, 0.6) is 0 Å². The summed E-state index contributed by atoms with van der Waals surface area (Å²) in [7, 11) is 2.21. The molecule has 1 aliphatic heterocycles. The van der Waals surface area contributed by atoms with E-state index >= 15 is 0 Å². The molecule has 1 atom stereocenters. The molecular formula is C16H25N5. The van der Waals surface area contributed by atoms with E-state index in [0.717, 1.165) is 29.9 Å². The van der Waals surface area contributed by atoms with Gasteiger partial charge in [-0.2, -0.15) is 0 Å². The summed E-state index contributed by atoms with van der Waals surface area (Å²) in [6, 6.07) is 0. The topological polar surface area (TPSA) is 60.0 Å². The number of nitrogens with two attached hydrogens (primary N) is 1. The smallest absolute Gasteiger partial charge is 0.146 e. The molecule has 1 unspecified atom stereocenters. The number of piperidine rings is 1. The van der Waals surface area contributed by atoms with E-state index in [-0.39, 0.29) is 0 Å². The van der Waals surface area contributed by atoms with Gasteiger partial charge >= 0.3 is 0 Å². The third-order valence-corrected chi connectivity index (χ3v) is 4.77. The molecule has 2 aromatic rings. The van der Waals surface area contributed by atoms with Crippen LogP contribution in [-0.2, 0) is 6.54 Å². The second kappa shape index (κ2) is 5.30. The molecule has 21 heavy (non-hydrogen) atoms. The summed E-state index contributed by atoms with van der Waals surface area (Å²) in [5.41, 5.74) is 9.61. The van der Waals surface area contributed by atoms with Crippen LogP contribution in [0.3, 0.4) is 0 Å². The second-order valence-corrected chi connectivity index (χ2v) is 6.45. The number of hydrogen-bond donors (Lipinski definition) is 1. The molecule has 0 radical (unpaired) electrons. The molecule has 1 saturated heterocycles. The Morgan fingerprint density at radius 2 is 2.00 bits per heavy atom. The second-order valence-electron chi connectivity index (χ2n) is 6.45. The van der Waals surface area contributed by atoms with Crippen molar-refractivity contribution in [3.05, 3.63) is 17.1 Å². The molecule has 0 amide bonds. The predicted molar refractivity (Wildman–Crippen MR) is 86.4 cm³/mol. The number of rotatable bonds is 2. The van der Waals surface area contributed by atoms with Gasteiger partial charge in [0.15, 0.2) is 0 Å². The number of fused-ring (bicyclic) bond motifs is 1. The molecule has 5 nitrogen and oxygen atoms in total. The van der Waals surface area contributed by atoms with Gasteiger partial charge in [-0.1, -0.05) is 0 Å². The van der Waals surface area contributed by atoms with E-state index in [2.05, 4.69) is 40.3 Å². The van der Waals surface area contributed by atoms with Crippen molar-refractivity contribution in [3.63, 3.8) is 0 Å². The Bertz CT molecular complexity index is 673. The molecule has 0 bridgehead atoms. The van der Waals surface area contributed by atoms with Gasteiger partial charge in [0.2, 0.25) is 0 Å². The van der Waals surface area contributed by atoms with Crippen LogP contribution in [-0.4, -0.2) is 39.6 Å². The van der Waals surface area contributed by atoms with Crippen molar-refractivity contribution in [3.8, 4) is 0 Å². The fraction of sp³-hybridized carbons (Fsp3) is 0.625. The molecule has 0 aromatic carbocycles. The van der Waals surface area contributed by atoms with E-state index in [9.17, 15) is 0 Å². The third-order valence-electron chi connectivity index (χ3n) is 4.77. The highest BCUT2D eigenvalue weighted by Crippen LogP contribution is 2.29. The molecule has 1 aliphatic rings. The van der Waals surface area contributed by atoms with Crippen molar-refractivity contribution in [1.29, 1.82) is 0 Å². The van der Waals surface area contributed by atoms with Gasteiger partial charge in [0.05, 0.1) is 5.39 Å². The minimum absolute atomic E-state index is 0.609. The van der Waals surface area contributed by atoms with Crippen LogP contribution in [0.25, 0.3) is 11.0 Å². The lowest BCUT2D eigenvalue weighted by molar-refractivity contribution is 0.195. The normalized spacial score (nSPS) is 20.3. The van der Waals surface area contributed by atoms with E-state index in [1.165, 1.54) is 30.6 Å². The Morgan fingerprint density at radius 1 is 1.24 bits per heavy atom. The first kappa shape index (κ1) is 14.3. The number of aromatic nitrogens is 3. The monoisotopic (exact) mass is 287 g/mol. The van der Waals surface area contributed by atoms with Crippen molar-refractivity contribution in [2.24, 2.45) is 5.92 Å². The molecule has 2 N–H and O–H groups in total. The number of hydrogen-bond acceptors (Lipinski definition) is 4. The average molecular weight is 287 g/mol. The van der Waals surface area contributed by atoms with E-state index in [1.54, 1.807) is 0 Å². The minimum atomic E-state index is 0.609. The van der Waals surface area contributed by atoms with E-state index in [0.29, 0.717) is 11.7 Å². The highest BCUT2D eigenvalue weighted by Gasteiger charge is 2.22. The zero-order chi connectivity index (χ0) is 15.1. The van der Waals surface area contributed by atoms with Gasteiger partial charge < -0.3 is 15.2 Å². The lowest BCUT2D eigenvalue weighted by atomic mass is 9.98. The van der Waals surface area contributed by atoms with Gasteiger partial charge in [0.1, 0.15) is 17.3 Å². The van der Waals surface area contributed by atoms with Gasteiger partial charge in [-0.15, -0.1) is 0 Å². The van der Waals surface area contributed by atoms with Crippen molar-refractivity contribution in [1.82, 2.24) is 19.4 Å². The molecule has 3 heterocycles. The summed E-state index contributed by atoms with van der Waals surface area (Å²) in [6.07, 6.45) is 2.58. The zero-order valence-electron chi connectivity index (χ0n) is 13.5. The number of likely N-dealkylation sites (tertiary alicyclic amines) is 1. The van der Waals surface area contributed by atoms with Crippen molar-refractivity contribution in [2.45, 2.75) is 40.2 Å². The van der Waals surface area contributed by atoms with Crippen molar-refractivity contribution < 1.29 is 0 Å². The summed E-state index contributed by atoms with van der Waals surface area (Å²) in [6.45, 7) is 9.60. The molecular weight excluding hydrogens is 262 g/mol. The first-order valence-corrected chi connectivity index (χ1v) is 7.75. The number of anilines is 1. The van der Waals surface area contributed by atoms with Crippen LogP contribution in [0.15, 0.2) is 0 Å². The Kier molecular flexibility index (Phi) is 3.61. The molecule has 5 heteroatoms. The molecule has 1 fully saturated rings. The summed E-state index contributed by atoms with van der Waals surface area (Å²) in [5, 5.41) is 1.03. The van der Waals surface area contributed by atoms with Crippen molar-refractivity contribution in [2.75, 3.05) is 25.9 Å². The lowest BCUT2D eigenvalue weighted by Gasteiger charge is -2.30. The van der Waals surface area contributed by atoms with E-state index in [4.69, 9.17) is 5.73 Å². The highest BCUT2D eigenvalue weighted by molar-refractivity contribution is 5.91. The van der Waals surface area contributed by atoms with E-state index in [1.807, 2.05) is 6.92 Å². The van der Waals surface area contributed by atoms with Crippen LogP contribution < -0.4 is 5.73 Å². The predicted octanol–water partition coefficient (Wildman–Crippen LogP) is 2.28. The number of nitrogen functional groups attached to an aromatic ring is 1. The molecule has 2 aromatic heterocycles. The fourth-order valence-electron chi connectivity index (χ4n) is 3.58. The summed E-state index contributed by atoms with van der Waals surface area (Å²) >= 11 is 0. The maximum atomic E-state index is 6.12. The van der Waals surface area contributed by atoms with Crippen LogP contribution >= 0.6 is 0 Å².